The molecule has 0 aromatic rings. The van der Waals surface area contributed by atoms with Gasteiger partial charge in [0.1, 0.15) is 0 Å². The summed E-state index contributed by atoms with van der Waals surface area (Å²) >= 11 is 0. The van der Waals surface area contributed by atoms with Gasteiger partial charge < -0.3 is 99.3 Å². The zero-order valence-corrected chi connectivity index (χ0v) is 51.1. The van der Waals surface area contributed by atoms with Crippen molar-refractivity contribution in [2.45, 2.75) is 71.1 Å². The Morgan fingerprint density at radius 2 is 0.333 bits per heavy atom. The quantitative estimate of drug-likeness (QED) is 0.0352. The minimum atomic E-state index is -4.68. The van der Waals surface area contributed by atoms with Gasteiger partial charge in [-0.25, -0.2) is 8.42 Å². The normalized spacial score (nSPS) is 11.8. The molecule has 0 bridgehead atoms. The zero-order valence-electron chi connectivity index (χ0n) is 48.3. The summed E-state index contributed by atoms with van der Waals surface area (Å²) in [7, 11) is -4.68. The molecule has 0 aliphatic rings. The van der Waals surface area contributed by atoms with E-state index in [1.54, 1.807) is 0 Å². The number of unbranched alkanes of at least 4 members (excludes halogenated alkanes) is 9. The molecule has 26 heteroatoms. The van der Waals surface area contributed by atoms with Crippen molar-refractivity contribution in [3.05, 3.63) is 0 Å². The van der Waals surface area contributed by atoms with Gasteiger partial charge in [0.25, 0.3) is 0 Å². The van der Waals surface area contributed by atoms with Crippen LogP contribution < -0.4 is 29.6 Å². The van der Waals surface area contributed by atoms with Crippen LogP contribution >= 0.6 is 0 Å². The average molecular weight is 1170 g/mol. The summed E-state index contributed by atoms with van der Waals surface area (Å²) in [6, 6.07) is 0. The summed E-state index contributed by atoms with van der Waals surface area (Å²) in [6.07, 6.45) is 13.3. The molecule has 0 saturated heterocycles. The molecule has 78 heavy (non-hydrogen) atoms. The summed E-state index contributed by atoms with van der Waals surface area (Å²) < 4.78 is 144. The molecule has 0 saturated carbocycles. The van der Waals surface area contributed by atoms with E-state index in [4.69, 9.17) is 94.7 Å². The Hall–Kier alpha value is 0.0700. The Balaban J connectivity index is 0. The smallest absolute Gasteiger partial charge is 0.726 e. The Kier molecular flexibility index (Phi) is 75.2. The summed E-state index contributed by atoms with van der Waals surface area (Å²) in [5, 5.41) is 0. The molecule has 0 atom stereocenters. The van der Waals surface area contributed by atoms with Crippen molar-refractivity contribution in [1.82, 2.24) is 0 Å². The first kappa shape index (κ1) is 80.1. The number of ether oxygens (including phenoxy) is 20. The number of hydrogen-bond acceptors (Lipinski definition) is 24. The van der Waals surface area contributed by atoms with Crippen LogP contribution in [0, 0.1) is 0 Å². The summed E-state index contributed by atoms with van der Waals surface area (Å²) in [5.74, 6) is 0. The van der Waals surface area contributed by atoms with Crippen LogP contribution in [-0.4, -0.2) is 284 Å². The Morgan fingerprint density at radius 3 is 0.487 bits per heavy atom. The van der Waals surface area contributed by atoms with Gasteiger partial charge in [-0.1, -0.05) is 64.7 Å². The molecule has 0 amide bonds. The van der Waals surface area contributed by atoms with E-state index < -0.39 is 10.4 Å². The predicted octanol–water partition coefficient (Wildman–Crippen LogP) is 0.720. The van der Waals surface area contributed by atoms with E-state index in [9.17, 15) is 13.0 Å². The molecule has 0 aromatic carbocycles. The molecule has 0 aliphatic heterocycles. The van der Waals surface area contributed by atoms with E-state index in [-0.39, 0.29) is 49.4 Å². The largest absolute Gasteiger partial charge is 1.00 e. The third kappa shape index (κ3) is 78.1. The fourth-order valence-corrected chi connectivity index (χ4v) is 6.44. The van der Waals surface area contributed by atoms with Crippen molar-refractivity contribution < 1.29 is 141 Å². The van der Waals surface area contributed by atoms with E-state index in [0.717, 1.165) is 13.0 Å². The molecule has 0 heterocycles. The maximum absolute atomic E-state index is 10.3. The SMILES string of the molecule is CCCCCCCCCCCCOCCOCCOCCOCCOCCOCCOCCOCCOCCOCCOCCOCCOCCOCCOCCOCCOCCOCCOCCOCCOS(=O)(=O)[O-].[Na+]. The summed E-state index contributed by atoms with van der Waals surface area (Å²) in [4.78, 5) is 0. The number of rotatable bonds is 72. The number of hydrogen-bond donors (Lipinski definition) is 0. The second-order valence-electron chi connectivity index (χ2n) is 16.7. The average Bonchev–Trinajstić information content (AvgIpc) is 3.42. The van der Waals surface area contributed by atoms with Crippen LogP contribution in [0.4, 0.5) is 0 Å². The van der Waals surface area contributed by atoms with Crippen LogP contribution in [0.5, 0.6) is 0 Å². The van der Waals surface area contributed by atoms with Crippen molar-refractivity contribution >= 4 is 10.4 Å². The van der Waals surface area contributed by atoms with Crippen LogP contribution in [0.3, 0.4) is 0 Å². The van der Waals surface area contributed by atoms with Gasteiger partial charge in [0, 0.05) is 6.61 Å². The second kappa shape index (κ2) is 73.2. The van der Waals surface area contributed by atoms with Gasteiger partial charge in [-0.05, 0) is 6.42 Å². The van der Waals surface area contributed by atoms with E-state index in [1.165, 1.54) is 57.8 Å². The standard InChI is InChI=1S/C52H106O24S.Na/c1-2-3-4-5-6-7-8-9-10-11-12-56-13-14-57-15-16-58-17-18-59-19-20-60-21-22-61-23-24-62-25-26-63-27-28-64-29-30-65-31-32-66-33-34-67-35-36-68-37-38-69-39-40-70-41-42-71-43-44-72-45-46-73-47-48-74-49-50-75-51-52-76-77(53,54)55;/h2-52H2,1H3,(H,53,54,55);/q;+1/p-1. The molecule has 0 aliphatic carbocycles. The molecule has 0 aromatic heterocycles. The van der Waals surface area contributed by atoms with Gasteiger partial charge in [-0.2, -0.15) is 0 Å². The van der Waals surface area contributed by atoms with Crippen molar-refractivity contribution in [2.75, 3.05) is 271 Å². The molecule has 0 unspecified atom stereocenters. The van der Waals surface area contributed by atoms with Crippen molar-refractivity contribution in [3.8, 4) is 0 Å². The first-order chi connectivity index (χ1) is 38.1. The van der Waals surface area contributed by atoms with E-state index in [0.29, 0.717) is 244 Å². The Bertz CT molecular complexity index is 1180. The summed E-state index contributed by atoms with van der Waals surface area (Å²) in [6.45, 7) is 20.8. The molecule has 24 nitrogen and oxygen atoms in total. The van der Waals surface area contributed by atoms with Gasteiger partial charge in [0.2, 0.25) is 10.4 Å². The zero-order chi connectivity index (χ0) is 55.4. The maximum Gasteiger partial charge on any atom is 1.00 e. The fourth-order valence-electron chi connectivity index (χ4n) is 6.17. The van der Waals surface area contributed by atoms with Gasteiger partial charge in [0.05, 0.1) is 264 Å². The second-order valence-corrected chi connectivity index (χ2v) is 17.7. The minimum Gasteiger partial charge on any atom is -0.726 e. The van der Waals surface area contributed by atoms with Gasteiger partial charge in [-0.3, -0.25) is 4.18 Å². The topological polar surface area (TPSA) is 251 Å². The van der Waals surface area contributed by atoms with Crippen LogP contribution in [0.25, 0.3) is 0 Å². The van der Waals surface area contributed by atoms with Crippen molar-refractivity contribution in [3.63, 3.8) is 0 Å². The van der Waals surface area contributed by atoms with Crippen LogP contribution in [0.2, 0.25) is 0 Å². The van der Waals surface area contributed by atoms with Crippen LogP contribution in [-0.2, 0) is 109 Å². The third-order valence-electron chi connectivity index (χ3n) is 10.2. The molecule has 0 N–H and O–H groups in total. The predicted molar refractivity (Wildman–Crippen MR) is 284 cm³/mol. The van der Waals surface area contributed by atoms with Crippen molar-refractivity contribution in [2.24, 2.45) is 0 Å². The third-order valence-corrected chi connectivity index (χ3v) is 10.6. The molecular weight excluding hydrogens is 1060 g/mol. The van der Waals surface area contributed by atoms with E-state index >= 15 is 0 Å². The van der Waals surface area contributed by atoms with Gasteiger partial charge >= 0.3 is 29.6 Å². The fraction of sp³-hybridized carbons (Fsp3) is 1.00. The van der Waals surface area contributed by atoms with Gasteiger partial charge in [0.15, 0.2) is 0 Å². The van der Waals surface area contributed by atoms with Crippen LogP contribution in [0.15, 0.2) is 0 Å². The van der Waals surface area contributed by atoms with E-state index in [1.807, 2.05) is 0 Å². The molecule has 0 spiro atoms. The monoisotopic (exact) mass is 1170 g/mol. The Morgan fingerprint density at radius 1 is 0.205 bits per heavy atom. The van der Waals surface area contributed by atoms with Crippen molar-refractivity contribution in [1.29, 1.82) is 0 Å². The first-order valence-electron chi connectivity index (χ1n) is 28.2. The minimum absolute atomic E-state index is 0. The molecule has 0 fully saturated rings. The first-order valence-corrected chi connectivity index (χ1v) is 29.5. The summed E-state index contributed by atoms with van der Waals surface area (Å²) in [5.41, 5.74) is 0. The molecule has 464 valence electrons. The molecular formula is C52H105NaO24S. The molecule has 0 radical (unpaired) electrons. The molecule has 0 rings (SSSR count). The maximum atomic E-state index is 10.3. The van der Waals surface area contributed by atoms with Crippen LogP contribution in [0.1, 0.15) is 71.1 Å². The Labute approximate surface area is 491 Å². The van der Waals surface area contributed by atoms with Gasteiger partial charge in [-0.15, -0.1) is 0 Å². The van der Waals surface area contributed by atoms with E-state index in [2.05, 4.69) is 11.1 Å².